The third-order valence-corrected chi connectivity index (χ3v) is 3.68. The first-order chi connectivity index (χ1) is 11.7. The summed E-state index contributed by atoms with van der Waals surface area (Å²) in [6.45, 7) is 0. The predicted molar refractivity (Wildman–Crippen MR) is 87.2 cm³/mol. The van der Waals surface area contributed by atoms with E-state index in [0.717, 1.165) is 11.8 Å². The van der Waals surface area contributed by atoms with Crippen LogP contribution in [0, 0.1) is 11.2 Å². The second-order valence-corrected chi connectivity index (χ2v) is 5.28. The molecule has 0 unspecified atom stereocenters. The molecule has 7 nitrogen and oxygen atoms in total. The van der Waals surface area contributed by atoms with Crippen molar-refractivity contribution >= 4 is 17.4 Å². The highest BCUT2D eigenvalue weighted by Gasteiger charge is 2.14. The zero-order valence-electron chi connectivity index (χ0n) is 12.7. The Bertz CT molecular complexity index is 1060. The number of H-pyrrole nitrogens is 1. The number of pyridine rings is 2. The van der Waals surface area contributed by atoms with Crippen molar-refractivity contribution in [1.82, 2.24) is 29.7 Å². The second-order valence-electron chi connectivity index (χ2n) is 5.28. The summed E-state index contributed by atoms with van der Waals surface area (Å²) < 4.78 is 15.6. The number of hydrogen-bond acceptors (Lipinski definition) is 5. The molecule has 0 bridgehead atoms. The highest BCUT2D eigenvalue weighted by Crippen LogP contribution is 2.28. The van der Waals surface area contributed by atoms with Crippen LogP contribution in [0.5, 0.6) is 0 Å². The van der Waals surface area contributed by atoms with Crippen LogP contribution in [0.4, 0.5) is 4.39 Å². The van der Waals surface area contributed by atoms with Crippen molar-refractivity contribution in [2.75, 3.05) is 0 Å². The van der Waals surface area contributed by atoms with Crippen LogP contribution < -0.4 is 0 Å². The summed E-state index contributed by atoms with van der Waals surface area (Å²) in [4.78, 5) is 16.0. The minimum atomic E-state index is -0.546. The Morgan fingerprint density at radius 1 is 1.25 bits per heavy atom. The van der Waals surface area contributed by atoms with E-state index in [2.05, 4.69) is 25.0 Å². The second kappa shape index (κ2) is 5.34. The summed E-state index contributed by atoms with van der Waals surface area (Å²) in [7, 11) is 1.83. The van der Waals surface area contributed by atoms with Gasteiger partial charge >= 0.3 is 0 Å². The van der Waals surface area contributed by atoms with Crippen LogP contribution >= 0.6 is 0 Å². The molecule has 24 heavy (non-hydrogen) atoms. The smallest absolute Gasteiger partial charge is 0.158 e. The normalized spacial score (nSPS) is 11.1. The van der Waals surface area contributed by atoms with Gasteiger partial charge in [-0.25, -0.2) is 14.4 Å². The molecule has 0 aromatic carbocycles. The van der Waals surface area contributed by atoms with Gasteiger partial charge in [0.2, 0.25) is 0 Å². The van der Waals surface area contributed by atoms with Gasteiger partial charge in [-0.1, -0.05) is 0 Å². The summed E-state index contributed by atoms with van der Waals surface area (Å²) in [5.74, 6) is 0.0954. The van der Waals surface area contributed by atoms with Crippen LogP contribution in [0.3, 0.4) is 0 Å². The monoisotopic (exact) mass is 321 g/mol. The van der Waals surface area contributed by atoms with Gasteiger partial charge < -0.3 is 10.4 Å². The van der Waals surface area contributed by atoms with Crippen LogP contribution in [0.25, 0.3) is 33.7 Å². The first-order valence-corrected chi connectivity index (χ1v) is 7.16. The number of hydrogen-bond donors (Lipinski definition) is 2. The Balaban J connectivity index is 1.88. The van der Waals surface area contributed by atoms with Crippen molar-refractivity contribution in [2.45, 2.75) is 0 Å². The maximum Gasteiger partial charge on any atom is 0.158 e. The van der Waals surface area contributed by atoms with Gasteiger partial charge in [0.1, 0.15) is 17.0 Å². The van der Waals surface area contributed by atoms with Gasteiger partial charge in [-0.3, -0.25) is 9.67 Å². The van der Waals surface area contributed by atoms with Crippen molar-refractivity contribution < 1.29 is 4.39 Å². The van der Waals surface area contributed by atoms with Gasteiger partial charge in [-0.05, 0) is 12.1 Å². The van der Waals surface area contributed by atoms with E-state index >= 15 is 0 Å². The number of nitrogens with zero attached hydrogens (tertiary/aromatic N) is 5. The Morgan fingerprint density at radius 3 is 2.83 bits per heavy atom. The first kappa shape index (κ1) is 14.2. The topological polar surface area (TPSA) is 96.1 Å². The molecule has 4 aromatic heterocycles. The molecule has 0 aliphatic carbocycles. The standard InChI is InChI=1S/C16H12FN7/c1-24-8-10(7-21-24)15-22-14-11(2-3-19-16(14)23-15)9-4-12(17)13(5-18)20-6-9/h2-8,18H,1H3,(H,19,22,23). The molecule has 2 N–H and O–H groups in total. The average molecular weight is 321 g/mol. The number of rotatable bonds is 3. The van der Waals surface area contributed by atoms with Gasteiger partial charge in [0.15, 0.2) is 11.5 Å². The first-order valence-electron chi connectivity index (χ1n) is 7.16. The van der Waals surface area contributed by atoms with Crippen molar-refractivity contribution in [3.63, 3.8) is 0 Å². The lowest BCUT2D eigenvalue weighted by atomic mass is 10.1. The average Bonchev–Trinajstić information content (AvgIpc) is 3.20. The maximum atomic E-state index is 13.9. The molecule has 118 valence electrons. The molecule has 4 aromatic rings. The van der Waals surface area contributed by atoms with Crippen LogP contribution in [0.15, 0.2) is 36.9 Å². The lowest BCUT2D eigenvalue weighted by molar-refractivity contribution is 0.619. The highest BCUT2D eigenvalue weighted by atomic mass is 19.1. The van der Waals surface area contributed by atoms with Gasteiger partial charge in [0, 0.05) is 43.0 Å². The fourth-order valence-corrected chi connectivity index (χ4v) is 2.53. The summed E-state index contributed by atoms with van der Waals surface area (Å²) in [6, 6.07) is 3.11. The molecule has 4 rings (SSSR count). The number of aromatic amines is 1. The third kappa shape index (κ3) is 2.24. The van der Waals surface area contributed by atoms with E-state index in [1.165, 1.54) is 12.3 Å². The van der Waals surface area contributed by atoms with Crippen LogP contribution in [-0.4, -0.2) is 35.9 Å². The maximum absolute atomic E-state index is 13.9. The Hall–Kier alpha value is -3.42. The number of halogens is 1. The molecule has 0 radical (unpaired) electrons. The van der Waals surface area contributed by atoms with E-state index in [1.807, 2.05) is 13.2 Å². The number of fused-ring (bicyclic) bond motifs is 1. The van der Waals surface area contributed by atoms with E-state index in [0.29, 0.717) is 28.1 Å². The van der Waals surface area contributed by atoms with Crippen LogP contribution in [0.1, 0.15) is 5.69 Å². The Kier molecular flexibility index (Phi) is 3.16. The van der Waals surface area contributed by atoms with Crippen molar-refractivity contribution in [2.24, 2.45) is 7.05 Å². The minimum absolute atomic E-state index is 0.00197. The van der Waals surface area contributed by atoms with E-state index in [4.69, 9.17) is 5.41 Å². The fourth-order valence-electron chi connectivity index (χ4n) is 2.53. The number of aryl methyl sites for hydroxylation is 1. The molecule has 4 heterocycles. The van der Waals surface area contributed by atoms with E-state index in [9.17, 15) is 4.39 Å². The molecule has 8 heteroatoms. The number of nitrogens with one attached hydrogen (secondary N) is 2. The van der Waals surface area contributed by atoms with Gasteiger partial charge in [0.05, 0.1) is 11.8 Å². The van der Waals surface area contributed by atoms with Gasteiger partial charge in [-0.2, -0.15) is 5.10 Å². The summed E-state index contributed by atoms with van der Waals surface area (Å²) in [5.41, 5.74) is 3.36. The number of aromatic nitrogens is 6. The SMILES string of the molecule is Cn1cc(-c2nc3c(-c4cnc(C=N)c(F)c4)ccnc3[nH]2)cn1. The van der Waals surface area contributed by atoms with Crippen LogP contribution in [-0.2, 0) is 7.05 Å². The molecule has 0 saturated carbocycles. The van der Waals surface area contributed by atoms with Crippen LogP contribution in [0.2, 0.25) is 0 Å². The molecule has 0 aliphatic heterocycles. The molecule has 0 amide bonds. The Morgan fingerprint density at radius 2 is 2.12 bits per heavy atom. The molecule has 0 spiro atoms. The highest BCUT2D eigenvalue weighted by molar-refractivity contribution is 5.91. The molecular formula is C16H12FN7. The van der Waals surface area contributed by atoms with Crippen molar-refractivity contribution in [3.8, 4) is 22.5 Å². The minimum Gasteiger partial charge on any atom is -0.323 e. The quantitative estimate of drug-likeness (QED) is 0.567. The third-order valence-electron chi connectivity index (χ3n) is 3.68. The van der Waals surface area contributed by atoms with E-state index in [1.54, 1.807) is 23.1 Å². The summed E-state index contributed by atoms with van der Waals surface area (Å²) in [6.07, 6.45) is 7.59. The zero-order valence-corrected chi connectivity index (χ0v) is 12.7. The Labute approximate surface area is 135 Å². The molecule has 0 aliphatic rings. The fraction of sp³-hybridized carbons (Fsp3) is 0.0625. The van der Waals surface area contributed by atoms with Gasteiger partial charge in [0.25, 0.3) is 0 Å². The largest absolute Gasteiger partial charge is 0.323 e. The van der Waals surface area contributed by atoms with E-state index in [-0.39, 0.29) is 5.69 Å². The van der Waals surface area contributed by atoms with Crippen molar-refractivity contribution in [3.05, 3.63) is 48.4 Å². The number of imidazole rings is 1. The van der Waals surface area contributed by atoms with E-state index < -0.39 is 5.82 Å². The predicted octanol–water partition coefficient (Wildman–Crippen LogP) is 2.56. The molecule has 0 atom stereocenters. The molecular weight excluding hydrogens is 309 g/mol. The zero-order chi connectivity index (χ0) is 16.7. The summed E-state index contributed by atoms with van der Waals surface area (Å²) in [5, 5.41) is 11.3. The molecule has 0 fully saturated rings. The van der Waals surface area contributed by atoms with Crippen molar-refractivity contribution in [1.29, 1.82) is 5.41 Å². The lowest BCUT2D eigenvalue weighted by Gasteiger charge is -2.03. The van der Waals surface area contributed by atoms with Gasteiger partial charge in [-0.15, -0.1) is 0 Å². The summed E-state index contributed by atoms with van der Waals surface area (Å²) >= 11 is 0. The molecule has 0 saturated heterocycles. The lowest BCUT2D eigenvalue weighted by Crippen LogP contribution is -1.94.